The van der Waals surface area contributed by atoms with Crippen molar-refractivity contribution >= 4 is 17.3 Å². The van der Waals surface area contributed by atoms with Gasteiger partial charge in [0.2, 0.25) is 0 Å². The average Bonchev–Trinajstić information content (AvgIpc) is 3.28. The minimum Gasteiger partial charge on any atom is -0.480 e. The van der Waals surface area contributed by atoms with Gasteiger partial charge in [-0.15, -0.1) is 11.3 Å². The number of carboxylic acids is 1. The standard InChI is InChI=1S/C21H26N2O2S/c24-21(25)14-23(13-15-6-7-15)18-10-17(11-18)22-12-19-8-9-20(26-19)16-4-2-1-3-5-16/h1-5,8-9,15,17-18,22H,6-7,10-14H2,(H,24,25). The van der Waals surface area contributed by atoms with Gasteiger partial charge in [-0.05, 0) is 49.3 Å². The highest BCUT2D eigenvalue weighted by molar-refractivity contribution is 7.15. The lowest BCUT2D eigenvalue weighted by atomic mass is 9.85. The van der Waals surface area contributed by atoms with Crippen molar-refractivity contribution < 1.29 is 9.90 Å². The predicted octanol–water partition coefficient (Wildman–Crippen LogP) is 3.83. The number of carboxylic acid groups (broad SMARTS) is 1. The molecule has 0 spiro atoms. The number of hydrogen-bond acceptors (Lipinski definition) is 4. The zero-order chi connectivity index (χ0) is 17.9. The van der Waals surface area contributed by atoms with Crippen molar-refractivity contribution in [3.05, 3.63) is 47.3 Å². The molecule has 0 atom stereocenters. The maximum Gasteiger partial charge on any atom is 0.317 e. The highest BCUT2D eigenvalue weighted by Crippen LogP contribution is 2.34. The van der Waals surface area contributed by atoms with E-state index in [9.17, 15) is 4.79 Å². The summed E-state index contributed by atoms with van der Waals surface area (Å²) in [4.78, 5) is 16.0. The van der Waals surface area contributed by atoms with Crippen LogP contribution >= 0.6 is 11.3 Å². The molecule has 0 amide bonds. The number of carbonyl (C=O) groups is 1. The van der Waals surface area contributed by atoms with Crippen LogP contribution in [-0.2, 0) is 11.3 Å². The molecule has 0 radical (unpaired) electrons. The van der Waals surface area contributed by atoms with Gasteiger partial charge in [0, 0.05) is 34.9 Å². The zero-order valence-electron chi connectivity index (χ0n) is 14.9. The van der Waals surface area contributed by atoms with Gasteiger partial charge in [0.25, 0.3) is 0 Å². The van der Waals surface area contributed by atoms with Crippen LogP contribution in [0, 0.1) is 5.92 Å². The molecule has 0 aliphatic heterocycles. The Morgan fingerprint density at radius 1 is 1.15 bits per heavy atom. The molecular weight excluding hydrogens is 344 g/mol. The first kappa shape index (κ1) is 17.7. The third-order valence-electron chi connectivity index (χ3n) is 5.44. The van der Waals surface area contributed by atoms with Crippen molar-refractivity contribution in [3.63, 3.8) is 0 Å². The van der Waals surface area contributed by atoms with E-state index in [1.165, 1.54) is 28.2 Å². The quantitative estimate of drug-likeness (QED) is 0.704. The number of nitrogens with one attached hydrogen (secondary N) is 1. The Hall–Kier alpha value is -1.69. The number of rotatable bonds is 9. The van der Waals surface area contributed by atoms with Crippen molar-refractivity contribution in [1.29, 1.82) is 0 Å². The molecule has 4 rings (SSSR count). The summed E-state index contributed by atoms with van der Waals surface area (Å²) in [7, 11) is 0. The molecule has 0 unspecified atom stereocenters. The van der Waals surface area contributed by atoms with Crippen LogP contribution in [-0.4, -0.2) is 41.1 Å². The molecule has 2 aliphatic carbocycles. The van der Waals surface area contributed by atoms with E-state index in [0.717, 1.165) is 31.8 Å². The predicted molar refractivity (Wildman–Crippen MR) is 105 cm³/mol. The maximum absolute atomic E-state index is 11.1. The van der Waals surface area contributed by atoms with Gasteiger partial charge in [-0.1, -0.05) is 30.3 Å². The van der Waals surface area contributed by atoms with Crippen LogP contribution in [0.3, 0.4) is 0 Å². The minimum atomic E-state index is -0.700. The Bertz CT molecular complexity index is 735. The third kappa shape index (κ3) is 4.53. The third-order valence-corrected chi connectivity index (χ3v) is 6.58. The summed E-state index contributed by atoms with van der Waals surface area (Å²) in [5.41, 5.74) is 1.27. The molecule has 5 heteroatoms. The van der Waals surface area contributed by atoms with Crippen LogP contribution in [0.1, 0.15) is 30.6 Å². The van der Waals surface area contributed by atoms with Crippen LogP contribution < -0.4 is 5.32 Å². The lowest BCUT2D eigenvalue weighted by molar-refractivity contribution is -0.139. The van der Waals surface area contributed by atoms with Crippen molar-refractivity contribution in [2.75, 3.05) is 13.1 Å². The van der Waals surface area contributed by atoms with Crippen LogP contribution in [0.2, 0.25) is 0 Å². The molecule has 2 aliphatic rings. The van der Waals surface area contributed by atoms with E-state index in [2.05, 4.69) is 46.6 Å². The molecule has 2 aromatic rings. The molecule has 0 bridgehead atoms. The first-order valence-electron chi connectivity index (χ1n) is 9.51. The summed E-state index contributed by atoms with van der Waals surface area (Å²) < 4.78 is 0. The topological polar surface area (TPSA) is 52.6 Å². The number of thiophene rings is 1. The summed E-state index contributed by atoms with van der Waals surface area (Å²) in [6.07, 6.45) is 4.67. The highest BCUT2D eigenvalue weighted by Gasteiger charge is 2.36. The summed E-state index contributed by atoms with van der Waals surface area (Å²) in [6.45, 7) is 2.06. The van der Waals surface area contributed by atoms with Gasteiger partial charge in [0.1, 0.15) is 0 Å². The smallest absolute Gasteiger partial charge is 0.317 e. The number of aliphatic carboxylic acids is 1. The normalized spacial score (nSPS) is 22.3. The average molecular weight is 371 g/mol. The molecule has 2 fully saturated rings. The minimum absolute atomic E-state index is 0.194. The van der Waals surface area contributed by atoms with E-state index in [1.807, 2.05) is 17.4 Å². The van der Waals surface area contributed by atoms with E-state index < -0.39 is 5.97 Å². The second-order valence-electron chi connectivity index (χ2n) is 7.60. The van der Waals surface area contributed by atoms with Gasteiger partial charge in [0.05, 0.1) is 6.54 Å². The fraction of sp³-hybridized carbons (Fsp3) is 0.476. The summed E-state index contributed by atoms with van der Waals surface area (Å²) in [6, 6.07) is 15.9. The Balaban J connectivity index is 1.24. The van der Waals surface area contributed by atoms with E-state index in [-0.39, 0.29) is 6.54 Å². The maximum atomic E-state index is 11.1. The molecule has 1 aromatic carbocycles. The van der Waals surface area contributed by atoms with E-state index in [1.54, 1.807) is 0 Å². The van der Waals surface area contributed by atoms with Crippen molar-refractivity contribution in [1.82, 2.24) is 10.2 Å². The van der Waals surface area contributed by atoms with Gasteiger partial charge in [-0.25, -0.2) is 0 Å². The van der Waals surface area contributed by atoms with E-state index in [4.69, 9.17) is 5.11 Å². The van der Waals surface area contributed by atoms with Crippen LogP contribution in [0.4, 0.5) is 0 Å². The molecule has 4 nitrogen and oxygen atoms in total. The second kappa shape index (κ2) is 7.91. The molecule has 2 N–H and O–H groups in total. The molecule has 0 saturated heterocycles. The van der Waals surface area contributed by atoms with Crippen LogP contribution in [0.15, 0.2) is 42.5 Å². The van der Waals surface area contributed by atoms with E-state index in [0.29, 0.717) is 12.1 Å². The van der Waals surface area contributed by atoms with Crippen molar-refractivity contribution in [2.24, 2.45) is 5.92 Å². The second-order valence-corrected chi connectivity index (χ2v) is 8.77. The van der Waals surface area contributed by atoms with E-state index >= 15 is 0 Å². The van der Waals surface area contributed by atoms with Crippen molar-refractivity contribution in [2.45, 2.75) is 44.3 Å². The Morgan fingerprint density at radius 3 is 2.62 bits per heavy atom. The Morgan fingerprint density at radius 2 is 1.92 bits per heavy atom. The fourth-order valence-corrected chi connectivity index (χ4v) is 4.64. The van der Waals surface area contributed by atoms with Crippen LogP contribution in [0.25, 0.3) is 10.4 Å². The summed E-state index contributed by atoms with van der Waals surface area (Å²) >= 11 is 1.84. The fourth-order valence-electron chi connectivity index (χ4n) is 3.68. The zero-order valence-corrected chi connectivity index (χ0v) is 15.8. The number of nitrogens with zero attached hydrogens (tertiary/aromatic N) is 1. The first-order valence-corrected chi connectivity index (χ1v) is 10.3. The van der Waals surface area contributed by atoms with Gasteiger partial charge >= 0.3 is 5.97 Å². The number of hydrogen-bond donors (Lipinski definition) is 2. The first-order chi connectivity index (χ1) is 12.7. The molecule has 26 heavy (non-hydrogen) atoms. The largest absolute Gasteiger partial charge is 0.480 e. The van der Waals surface area contributed by atoms with Gasteiger partial charge in [0.15, 0.2) is 0 Å². The molecule has 1 aromatic heterocycles. The Kier molecular flexibility index (Phi) is 5.38. The summed E-state index contributed by atoms with van der Waals surface area (Å²) in [5, 5.41) is 12.8. The van der Waals surface area contributed by atoms with Gasteiger partial charge < -0.3 is 10.4 Å². The van der Waals surface area contributed by atoms with Gasteiger partial charge in [-0.2, -0.15) is 0 Å². The summed E-state index contributed by atoms with van der Waals surface area (Å²) in [5.74, 6) is 0.0398. The SMILES string of the molecule is O=C(O)CN(CC1CC1)C1CC(NCc2ccc(-c3ccccc3)s2)C1. The molecule has 1 heterocycles. The van der Waals surface area contributed by atoms with Crippen molar-refractivity contribution in [3.8, 4) is 10.4 Å². The molecule has 2 saturated carbocycles. The Labute approximate surface area is 158 Å². The number of benzene rings is 1. The molecular formula is C21H26N2O2S. The van der Waals surface area contributed by atoms with Crippen LogP contribution in [0.5, 0.6) is 0 Å². The monoisotopic (exact) mass is 370 g/mol. The lowest BCUT2D eigenvalue weighted by Crippen LogP contribution is -2.54. The van der Waals surface area contributed by atoms with Gasteiger partial charge in [-0.3, -0.25) is 9.69 Å². The highest BCUT2D eigenvalue weighted by atomic mass is 32.1. The molecule has 138 valence electrons. The lowest BCUT2D eigenvalue weighted by Gasteiger charge is -2.43.